The fourth-order valence-corrected chi connectivity index (χ4v) is 3.87. The zero-order chi connectivity index (χ0) is 18.1. The summed E-state index contributed by atoms with van der Waals surface area (Å²) in [7, 11) is 0. The van der Waals surface area contributed by atoms with E-state index >= 15 is 0 Å². The zero-order valence-corrected chi connectivity index (χ0v) is 15.6. The van der Waals surface area contributed by atoms with Crippen molar-refractivity contribution in [1.29, 1.82) is 0 Å². The van der Waals surface area contributed by atoms with Crippen LogP contribution in [0.5, 0.6) is 0 Å². The molecule has 1 atom stereocenters. The van der Waals surface area contributed by atoms with Crippen LogP contribution >= 0.6 is 11.8 Å². The minimum atomic E-state index is -0.221. The van der Waals surface area contributed by atoms with Crippen LogP contribution in [0.2, 0.25) is 0 Å². The first-order valence-corrected chi connectivity index (χ1v) is 9.64. The molecule has 0 spiro atoms. The molecule has 1 fully saturated rings. The van der Waals surface area contributed by atoms with Crippen molar-refractivity contribution in [1.82, 2.24) is 19.7 Å². The molecule has 0 amide bonds. The second kappa shape index (κ2) is 7.03. The molecule has 1 aliphatic carbocycles. The Balaban J connectivity index is 1.59. The molecule has 6 heteroatoms. The van der Waals surface area contributed by atoms with Gasteiger partial charge in [0.15, 0.2) is 16.8 Å². The third-order valence-electron chi connectivity index (χ3n) is 4.48. The number of pyridine rings is 1. The lowest BCUT2D eigenvalue weighted by molar-refractivity contribution is 0.0994. The van der Waals surface area contributed by atoms with Crippen LogP contribution in [-0.4, -0.2) is 30.8 Å². The normalized spacial score (nSPS) is 15.0. The van der Waals surface area contributed by atoms with Gasteiger partial charge in [-0.3, -0.25) is 14.3 Å². The van der Waals surface area contributed by atoms with E-state index in [0.717, 1.165) is 40.5 Å². The molecule has 0 bridgehead atoms. The first kappa shape index (κ1) is 17.0. The van der Waals surface area contributed by atoms with Gasteiger partial charge in [-0.25, -0.2) is 0 Å². The number of aromatic nitrogens is 4. The quantitative estimate of drug-likeness (QED) is 0.481. The van der Waals surface area contributed by atoms with Crippen molar-refractivity contribution in [3.63, 3.8) is 0 Å². The Morgan fingerprint density at radius 3 is 2.62 bits per heavy atom. The number of carbonyl (C=O) groups excluding carboxylic acids is 1. The van der Waals surface area contributed by atoms with Crippen molar-refractivity contribution >= 4 is 17.5 Å². The summed E-state index contributed by atoms with van der Waals surface area (Å²) in [6, 6.07) is 12.0. The largest absolute Gasteiger partial charge is 0.299 e. The number of Topliss-reactive ketones (excluding diaryl/α,β-unsaturated/α-hetero) is 1. The van der Waals surface area contributed by atoms with Crippen LogP contribution in [0.25, 0.3) is 11.4 Å². The van der Waals surface area contributed by atoms with E-state index in [1.54, 1.807) is 12.4 Å². The average molecular weight is 364 g/mol. The minimum absolute atomic E-state index is 0.114. The van der Waals surface area contributed by atoms with Crippen molar-refractivity contribution < 1.29 is 4.79 Å². The van der Waals surface area contributed by atoms with E-state index in [2.05, 4.69) is 19.7 Å². The van der Waals surface area contributed by atoms with E-state index in [9.17, 15) is 4.79 Å². The van der Waals surface area contributed by atoms with Gasteiger partial charge in [0, 0.05) is 29.6 Å². The summed E-state index contributed by atoms with van der Waals surface area (Å²) in [6.45, 7) is 3.95. The standard InChI is InChI=1S/C20H20N4OS/c1-13-5-7-15(8-6-13)18(25)14(2)26-20-23-22-19(24(20)17-9-10-17)16-4-3-11-21-12-16/h3-8,11-12,14,17H,9-10H2,1-2H3/t14-/m0/s1. The Hall–Kier alpha value is -2.47. The molecule has 0 saturated heterocycles. The number of ketones is 1. The Bertz CT molecular complexity index is 917. The zero-order valence-electron chi connectivity index (χ0n) is 14.8. The van der Waals surface area contributed by atoms with Crippen LogP contribution < -0.4 is 0 Å². The van der Waals surface area contributed by atoms with Crippen molar-refractivity contribution in [3.8, 4) is 11.4 Å². The topological polar surface area (TPSA) is 60.7 Å². The Morgan fingerprint density at radius 2 is 1.96 bits per heavy atom. The van der Waals surface area contributed by atoms with Crippen LogP contribution in [0.4, 0.5) is 0 Å². The summed E-state index contributed by atoms with van der Waals surface area (Å²) in [5, 5.41) is 9.35. The van der Waals surface area contributed by atoms with Crippen LogP contribution in [0, 0.1) is 6.92 Å². The highest BCUT2D eigenvalue weighted by Crippen LogP contribution is 2.41. The molecule has 0 unspecified atom stereocenters. The first-order valence-electron chi connectivity index (χ1n) is 8.76. The number of aryl methyl sites for hydroxylation is 1. The number of hydrogen-bond acceptors (Lipinski definition) is 5. The third-order valence-corrected chi connectivity index (χ3v) is 5.54. The number of rotatable bonds is 6. The van der Waals surface area contributed by atoms with Crippen molar-refractivity contribution in [2.45, 2.75) is 43.1 Å². The van der Waals surface area contributed by atoms with E-state index in [4.69, 9.17) is 0 Å². The first-order chi connectivity index (χ1) is 12.6. The van der Waals surface area contributed by atoms with Crippen molar-refractivity contribution in [2.75, 3.05) is 0 Å². The van der Waals surface area contributed by atoms with Gasteiger partial charge in [-0.1, -0.05) is 41.6 Å². The molecule has 0 radical (unpaired) electrons. The summed E-state index contributed by atoms with van der Waals surface area (Å²) in [6.07, 6.45) is 5.80. The van der Waals surface area contributed by atoms with E-state index in [0.29, 0.717) is 6.04 Å². The fourth-order valence-electron chi connectivity index (χ4n) is 2.88. The smallest absolute Gasteiger partial charge is 0.192 e. The highest BCUT2D eigenvalue weighted by molar-refractivity contribution is 8.00. The molecular formula is C20H20N4OS. The number of hydrogen-bond donors (Lipinski definition) is 0. The molecule has 1 aromatic carbocycles. The molecule has 0 N–H and O–H groups in total. The van der Waals surface area contributed by atoms with Crippen molar-refractivity contribution in [3.05, 3.63) is 59.9 Å². The molecule has 5 nitrogen and oxygen atoms in total. The summed E-state index contributed by atoms with van der Waals surface area (Å²) < 4.78 is 2.17. The second-order valence-corrected chi connectivity index (χ2v) is 7.95. The maximum absolute atomic E-state index is 12.7. The molecule has 1 saturated carbocycles. The molecule has 132 valence electrons. The Morgan fingerprint density at radius 1 is 1.19 bits per heavy atom. The summed E-state index contributed by atoms with van der Waals surface area (Å²) >= 11 is 1.48. The molecule has 4 rings (SSSR count). The summed E-state index contributed by atoms with van der Waals surface area (Å²) in [5.41, 5.74) is 2.84. The lowest BCUT2D eigenvalue weighted by atomic mass is 10.1. The fraction of sp³-hybridized carbons (Fsp3) is 0.300. The van der Waals surface area contributed by atoms with Gasteiger partial charge < -0.3 is 0 Å². The number of nitrogens with zero attached hydrogens (tertiary/aromatic N) is 4. The highest BCUT2D eigenvalue weighted by Gasteiger charge is 2.31. The van der Waals surface area contributed by atoms with E-state index in [-0.39, 0.29) is 11.0 Å². The van der Waals surface area contributed by atoms with Gasteiger partial charge in [-0.2, -0.15) is 0 Å². The molecule has 2 heterocycles. The van der Waals surface area contributed by atoms with Crippen LogP contribution in [-0.2, 0) is 0 Å². The van der Waals surface area contributed by atoms with E-state index < -0.39 is 0 Å². The van der Waals surface area contributed by atoms with Crippen molar-refractivity contribution in [2.24, 2.45) is 0 Å². The minimum Gasteiger partial charge on any atom is -0.299 e. The SMILES string of the molecule is Cc1ccc(C(=O)[C@H](C)Sc2nnc(-c3cccnc3)n2C2CC2)cc1. The Kier molecular flexibility index (Phi) is 4.59. The maximum Gasteiger partial charge on any atom is 0.192 e. The van der Waals surface area contributed by atoms with Crippen LogP contribution in [0.15, 0.2) is 53.9 Å². The van der Waals surface area contributed by atoms with Gasteiger partial charge in [0.2, 0.25) is 0 Å². The van der Waals surface area contributed by atoms with Gasteiger partial charge in [0.05, 0.1) is 5.25 Å². The molecule has 0 aliphatic heterocycles. The summed E-state index contributed by atoms with van der Waals surface area (Å²) in [5.74, 6) is 0.946. The lowest BCUT2D eigenvalue weighted by Gasteiger charge is -2.12. The molecule has 3 aromatic rings. The van der Waals surface area contributed by atoms with E-state index in [1.165, 1.54) is 11.8 Å². The average Bonchev–Trinajstić information content (AvgIpc) is 3.42. The molecule has 26 heavy (non-hydrogen) atoms. The number of thioether (sulfide) groups is 1. The Labute approximate surface area is 156 Å². The van der Waals surface area contributed by atoms with Gasteiger partial charge in [0.25, 0.3) is 0 Å². The van der Waals surface area contributed by atoms with Crippen LogP contribution in [0.1, 0.15) is 41.7 Å². The lowest BCUT2D eigenvalue weighted by Crippen LogP contribution is -2.14. The molecule has 1 aliphatic rings. The van der Waals surface area contributed by atoms with Gasteiger partial charge in [0.1, 0.15) is 0 Å². The predicted octanol–water partition coefficient (Wildman–Crippen LogP) is 4.35. The van der Waals surface area contributed by atoms with Gasteiger partial charge in [-0.05, 0) is 38.8 Å². The van der Waals surface area contributed by atoms with Gasteiger partial charge >= 0.3 is 0 Å². The van der Waals surface area contributed by atoms with Gasteiger partial charge in [-0.15, -0.1) is 10.2 Å². The molecule has 2 aromatic heterocycles. The van der Waals surface area contributed by atoms with Crippen LogP contribution in [0.3, 0.4) is 0 Å². The second-order valence-electron chi connectivity index (χ2n) is 6.64. The molecular weight excluding hydrogens is 344 g/mol. The van der Waals surface area contributed by atoms with E-state index in [1.807, 2.05) is 50.2 Å². The predicted molar refractivity (Wildman–Crippen MR) is 102 cm³/mol. The monoisotopic (exact) mass is 364 g/mol. The third kappa shape index (κ3) is 3.42. The number of benzene rings is 1. The maximum atomic E-state index is 12.7. The summed E-state index contributed by atoms with van der Waals surface area (Å²) in [4.78, 5) is 16.9. The number of carbonyl (C=O) groups is 1. The highest BCUT2D eigenvalue weighted by atomic mass is 32.2.